The molecule has 0 aromatic carbocycles. The number of hydrogen-bond donors (Lipinski definition) is 0. The third kappa shape index (κ3) is 2.41. The van der Waals surface area contributed by atoms with Gasteiger partial charge in [0.2, 0.25) is 5.13 Å². The Bertz CT molecular complexity index is 225. The highest BCUT2D eigenvalue weighted by Gasteiger charge is 2.04. The fourth-order valence-electron chi connectivity index (χ4n) is 0.784. The Kier molecular flexibility index (Phi) is 3.26. The summed E-state index contributed by atoms with van der Waals surface area (Å²) in [6, 6.07) is 0. The lowest BCUT2D eigenvalue weighted by atomic mass is 10.5. The van der Waals surface area contributed by atoms with Crippen LogP contribution < -0.4 is 4.90 Å². The molecule has 0 N–H and O–H groups in total. The van der Waals surface area contributed by atoms with E-state index in [1.807, 2.05) is 7.05 Å². The monoisotopic (exact) mass is 235 g/mol. The average molecular weight is 236 g/mol. The van der Waals surface area contributed by atoms with Crippen LogP contribution in [0, 0.1) is 0 Å². The summed E-state index contributed by atoms with van der Waals surface area (Å²) in [7, 11) is 2.02. The van der Waals surface area contributed by atoms with Crippen molar-refractivity contribution >= 4 is 32.4 Å². The van der Waals surface area contributed by atoms with Crippen LogP contribution >= 0.6 is 27.3 Å². The van der Waals surface area contributed by atoms with Crippen LogP contribution in [0.1, 0.15) is 13.3 Å². The van der Waals surface area contributed by atoms with E-state index >= 15 is 0 Å². The van der Waals surface area contributed by atoms with Gasteiger partial charge in [-0.05, 0) is 22.4 Å². The van der Waals surface area contributed by atoms with Crippen LogP contribution in [0.5, 0.6) is 0 Å². The second-order valence-corrected chi connectivity index (χ2v) is 4.49. The molecule has 5 heteroatoms. The minimum atomic E-state index is 0.843. The van der Waals surface area contributed by atoms with Crippen molar-refractivity contribution in [3.8, 4) is 0 Å². The van der Waals surface area contributed by atoms with Crippen molar-refractivity contribution in [3.05, 3.63) is 3.92 Å². The number of aromatic nitrogens is 2. The molecule has 3 nitrogen and oxygen atoms in total. The van der Waals surface area contributed by atoms with Crippen molar-refractivity contribution in [3.63, 3.8) is 0 Å². The first-order valence-electron chi connectivity index (χ1n) is 3.44. The van der Waals surface area contributed by atoms with Gasteiger partial charge in [-0.2, -0.15) is 0 Å². The quantitative estimate of drug-likeness (QED) is 0.805. The van der Waals surface area contributed by atoms with Gasteiger partial charge in [-0.3, -0.25) is 0 Å². The molecule has 0 amide bonds. The van der Waals surface area contributed by atoms with Gasteiger partial charge in [0.15, 0.2) is 3.92 Å². The first-order valence-corrected chi connectivity index (χ1v) is 5.05. The molecule has 0 aliphatic rings. The molecule has 0 aliphatic carbocycles. The Hall–Kier alpha value is -0.160. The van der Waals surface area contributed by atoms with Crippen LogP contribution in [-0.2, 0) is 0 Å². The van der Waals surface area contributed by atoms with E-state index in [9.17, 15) is 0 Å². The third-order valence-electron chi connectivity index (χ3n) is 1.28. The molecule has 0 unspecified atom stereocenters. The van der Waals surface area contributed by atoms with Gasteiger partial charge in [-0.1, -0.05) is 18.3 Å². The molecule has 1 aromatic heterocycles. The van der Waals surface area contributed by atoms with Gasteiger partial charge in [-0.25, -0.2) is 0 Å². The number of hydrogen-bond acceptors (Lipinski definition) is 4. The molecule has 0 bridgehead atoms. The van der Waals surface area contributed by atoms with Crippen LogP contribution in [0.25, 0.3) is 0 Å². The van der Waals surface area contributed by atoms with E-state index in [0.29, 0.717) is 0 Å². The molecule has 62 valence electrons. The van der Waals surface area contributed by atoms with E-state index in [4.69, 9.17) is 0 Å². The van der Waals surface area contributed by atoms with Crippen LogP contribution in [0.15, 0.2) is 3.92 Å². The highest BCUT2D eigenvalue weighted by atomic mass is 79.9. The molecular formula is C6H10BrN3S. The lowest BCUT2D eigenvalue weighted by Crippen LogP contribution is -2.17. The standard InChI is InChI=1S/C6H10BrN3S/c1-3-4-10(2)6-9-8-5(7)11-6/h3-4H2,1-2H3. The molecule has 0 saturated carbocycles. The topological polar surface area (TPSA) is 29.0 Å². The fourth-order valence-corrected chi connectivity index (χ4v) is 1.86. The van der Waals surface area contributed by atoms with Gasteiger partial charge in [0.25, 0.3) is 0 Å². The molecule has 1 rings (SSSR count). The highest BCUT2D eigenvalue weighted by molar-refractivity contribution is 9.11. The SMILES string of the molecule is CCCN(C)c1nnc(Br)s1. The normalized spacial score (nSPS) is 10.1. The number of halogens is 1. The maximum absolute atomic E-state index is 3.98. The molecule has 0 radical (unpaired) electrons. The van der Waals surface area contributed by atoms with Crippen molar-refractivity contribution in [1.82, 2.24) is 10.2 Å². The minimum Gasteiger partial charge on any atom is -0.350 e. The van der Waals surface area contributed by atoms with Crippen LogP contribution in [-0.4, -0.2) is 23.8 Å². The number of anilines is 1. The summed E-state index contributed by atoms with van der Waals surface area (Å²) in [4.78, 5) is 2.10. The summed E-state index contributed by atoms with van der Waals surface area (Å²) in [5.74, 6) is 0. The molecule has 1 aromatic rings. The van der Waals surface area contributed by atoms with Crippen LogP contribution in [0.3, 0.4) is 0 Å². The molecule has 0 atom stereocenters. The maximum atomic E-state index is 3.98. The van der Waals surface area contributed by atoms with E-state index in [-0.39, 0.29) is 0 Å². The summed E-state index contributed by atoms with van der Waals surface area (Å²) in [6.45, 7) is 3.17. The first-order chi connectivity index (χ1) is 5.24. The lowest BCUT2D eigenvalue weighted by molar-refractivity contribution is 0.837. The average Bonchev–Trinajstić information content (AvgIpc) is 2.36. The molecular weight excluding hydrogens is 226 g/mol. The Morgan fingerprint density at radius 3 is 2.73 bits per heavy atom. The van der Waals surface area contributed by atoms with Gasteiger partial charge in [-0.15, -0.1) is 10.2 Å². The van der Waals surface area contributed by atoms with Crippen molar-refractivity contribution < 1.29 is 0 Å². The summed E-state index contributed by atoms with van der Waals surface area (Å²) in [6.07, 6.45) is 1.13. The number of rotatable bonds is 3. The molecule has 1 heterocycles. The maximum Gasteiger partial charge on any atom is 0.208 e. The third-order valence-corrected chi connectivity index (χ3v) is 2.75. The van der Waals surface area contributed by atoms with Gasteiger partial charge < -0.3 is 4.90 Å². The van der Waals surface area contributed by atoms with Crippen molar-refractivity contribution in [2.45, 2.75) is 13.3 Å². The second-order valence-electron chi connectivity index (χ2n) is 2.26. The van der Waals surface area contributed by atoms with E-state index in [1.54, 1.807) is 11.3 Å². The van der Waals surface area contributed by atoms with Gasteiger partial charge >= 0.3 is 0 Å². The Labute approximate surface area is 78.6 Å². The molecule has 0 aliphatic heterocycles. The Morgan fingerprint density at radius 1 is 1.55 bits per heavy atom. The van der Waals surface area contributed by atoms with Gasteiger partial charge in [0, 0.05) is 13.6 Å². The molecule has 0 spiro atoms. The largest absolute Gasteiger partial charge is 0.350 e. The zero-order chi connectivity index (χ0) is 8.27. The first kappa shape index (κ1) is 8.93. The number of nitrogens with zero attached hydrogens (tertiary/aromatic N) is 3. The van der Waals surface area contributed by atoms with Gasteiger partial charge in [0.1, 0.15) is 0 Å². The molecule has 0 saturated heterocycles. The smallest absolute Gasteiger partial charge is 0.208 e. The predicted molar refractivity (Wildman–Crippen MR) is 51.2 cm³/mol. The lowest BCUT2D eigenvalue weighted by Gasteiger charge is -2.12. The Balaban J connectivity index is 2.60. The van der Waals surface area contributed by atoms with Crippen molar-refractivity contribution in [1.29, 1.82) is 0 Å². The molecule has 0 fully saturated rings. The van der Waals surface area contributed by atoms with E-state index < -0.39 is 0 Å². The summed E-state index contributed by atoms with van der Waals surface area (Å²) in [5, 5.41) is 8.82. The zero-order valence-electron chi connectivity index (χ0n) is 6.54. The zero-order valence-corrected chi connectivity index (χ0v) is 8.94. The van der Waals surface area contributed by atoms with Crippen LogP contribution in [0.2, 0.25) is 0 Å². The fraction of sp³-hybridized carbons (Fsp3) is 0.667. The summed E-state index contributed by atoms with van der Waals surface area (Å²) >= 11 is 4.83. The Morgan fingerprint density at radius 2 is 2.27 bits per heavy atom. The minimum absolute atomic E-state index is 0.843. The van der Waals surface area contributed by atoms with Crippen LogP contribution in [0.4, 0.5) is 5.13 Å². The van der Waals surface area contributed by atoms with Gasteiger partial charge in [0.05, 0.1) is 0 Å². The van der Waals surface area contributed by atoms with Crippen molar-refractivity contribution in [2.75, 3.05) is 18.5 Å². The van der Waals surface area contributed by atoms with Crippen molar-refractivity contribution in [2.24, 2.45) is 0 Å². The van der Waals surface area contributed by atoms with E-state index in [1.165, 1.54) is 0 Å². The highest BCUT2D eigenvalue weighted by Crippen LogP contribution is 2.22. The summed E-state index contributed by atoms with van der Waals surface area (Å²) < 4.78 is 0.843. The van der Waals surface area contributed by atoms with E-state index in [2.05, 4.69) is 38.0 Å². The predicted octanol–water partition coefficient (Wildman–Crippen LogP) is 2.15. The second kappa shape index (κ2) is 4.01. The van der Waals surface area contributed by atoms with E-state index in [0.717, 1.165) is 22.0 Å². The molecule has 11 heavy (non-hydrogen) atoms. The summed E-state index contributed by atoms with van der Waals surface area (Å²) in [5.41, 5.74) is 0.